The van der Waals surface area contributed by atoms with Crippen molar-refractivity contribution >= 4 is 44.8 Å². The van der Waals surface area contributed by atoms with E-state index in [1.165, 1.54) is 11.6 Å². The van der Waals surface area contributed by atoms with Gasteiger partial charge in [-0.1, -0.05) is 54.1 Å². The minimum Gasteiger partial charge on any atom is -0.356 e. The van der Waals surface area contributed by atoms with Gasteiger partial charge in [-0.25, -0.2) is 8.42 Å². The Labute approximate surface area is 216 Å². The summed E-state index contributed by atoms with van der Waals surface area (Å²) in [4.78, 5) is 26.0. The molecular weight excluding hydrogens is 498 g/mol. The maximum atomic E-state index is 14.0. The average Bonchev–Trinajstić information content (AvgIpc) is 2.85. The predicted octanol–water partition coefficient (Wildman–Crippen LogP) is 4.61. The Hall–Kier alpha value is -3.36. The van der Waals surface area contributed by atoms with Gasteiger partial charge in [0, 0.05) is 11.6 Å². The summed E-state index contributed by atoms with van der Waals surface area (Å²) in [6.07, 6.45) is 1.21. The van der Waals surface area contributed by atoms with Crippen LogP contribution in [0.1, 0.15) is 29.5 Å². The molecule has 2 amide bonds. The topological polar surface area (TPSA) is 95.6 Å². The summed E-state index contributed by atoms with van der Waals surface area (Å²) >= 11 is 6.20. The van der Waals surface area contributed by atoms with Crippen molar-refractivity contribution in [2.45, 2.75) is 44.0 Å². The first-order valence-corrected chi connectivity index (χ1v) is 13.5. The quantitative estimate of drug-likeness (QED) is 0.420. The van der Waals surface area contributed by atoms with Crippen LogP contribution in [0.15, 0.2) is 71.6 Å². The van der Waals surface area contributed by atoms with E-state index in [2.05, 4.69) is 10.6 Å². The smallest absolute Gasteiger partial charge is 0.265 e. The van der Waals surface area contributed by atoms with Crippen molar-refractivity contribution in [3.05, 3.63) is 88.4 Å². The number of carbonyl (C=O) groups is 2. The van der Waals surface area contributed by atoms with E-state index in [9.17, 15) is 18.0 Å². The van der Waals surface area contributed by atoms with Crippen LogP contribution in [-0.2, 0) is 26.0 Å². The second-order valence-corrected chi connectivity index (χ2v) is 11.0. The number of benzene rings is 3. The average molecular weight is 526 g/mol. The van der Waals surface area contributed by atoms with Crippen molar-refractivity contribution in [1.82, 2.24) is 5.32 Å². The van der Waals surface area contributed by atoms with Gasteiger partial charge in [0.15, 0.2) is 0 Å². The number of fused-ring (bicyclic) bond motifs is 1. The highest BCUT2D eigenvalue weighted by Gasteiger charge is 2.42. The second-order valence-electron chi connectivity index (χ2n) is 8.83. The largest absolute Gasteiger partial charge is 0.356 e. The second kappa shape index (κ2) is 10.7. The molecule has 0 fully saturated rings. The van der Waals surface area contributed by atoms with E-state index < -0.39 is 27.9 Å². The third-order valence-electron chi connectivity index (χ3n) is 6.16. The van der Waals surface area contributed by atoms with Crippen molar-refractivity contribution in [1.29, 1.82) is 0 Å². The van der Waals surface area contributed by atoms with E-state index >= 15 is 0 Å². The van der Waals surface area contributed by atoms with Crippen LogP contribution in [-0.4, -0.2) is 32.8 Å². The predicted molar refractivity (Wildman–Crippen MR) is 142 cm³/mol. The van der Waals surface area contributed by atoms with E-state index in [-0.39, 0.29) is 11.3 Å². The van der Waals surface area contributed by atoms with E-state index in [1.54, 1.807) is 44.2 Å². The Morgan fingerprint density at radius 3 is 2.47 bits per heavy atom. The molecule has 1 aliphatic heterocycles. The van der Waals surface area contributed by atoms with Crippen LogP contribution in [0.5, 0.6) is 0 Å². The van der Waals surface area contributed by atoms with Gasteiger partial charge in [0.2, 0.25) is 11.8 Å². The molecule has 188 valence electrons. The minimum absolute atomic E-state index is 0.0437. The molecule has 0 spiro atoms. The Morgan fingerprint density at radius 1 is 1.03 bits per heavy atom. The monoisotopic (exact) mass is 525 g/mol. The van der Waals surface area contributed by atoms with Crippen LogP contribution >= 0.6 is 11.6 Å². The molecule has 3 aromatic rings. The number of rotatable bonds is 8. The van der Waals surface area contributed by atoms with Gasteiger partial charge < -0.3 is 10.6 Å². The number of carbonyl (C=O) groups excluding carboxylic acids is 2. The normalized spacial score (nSPS) is 15.2. The maximum absolute atomic E-state index is 14.0. The summed E-state index contributed by atoms with van der Waals surface area (Å²) in [6.45, 7) is 3.79. The number of nitrogens with zero attached hydrogens (tertiary/aromatic N) is 1. The third-order valence-corrected chi connectivity index (χ3v) is 8.54. The molecule has 1 heterocycles. The zero-order valence-electron chi connectivity index (χ0n) is 20.1. The molecule has 0 radical (unpaired) electrons. The van der Waals surface area contributed by atoms with Crippen molar-refractivity contribution in [2.24, 2.45) is 0 Å². The lowest BCUT2D eigenvalue weighted by atomic mass is 10.1. The van der Waals surface area contributed by atoms with Gasteiger partial charge in [-0.2, -0.15) is 0 Å². The molecule has 2 N–H and O–H groups in total. The van der Waals surface area contributed by atoms with Crippen molar-refractivity contribution in [3.8, 4) is 0 Å². The standard InChI is InChI=1S/C27H28ClN3O4S/c1-18-16-25(19(2)15-21(18)28)36(34,35)31-23-13-7-6-12-22(23)30-27(33)24(31)17-26(32)29-14-8-11-20-9-4-3-5-10-20/h3-7,9-10,12-13,15-16,24H,8,11,14,17H2,1-2H3,(H,29,32)(H,30,33)/t24-/m1/s1. The van der Waals surface area contributed by atoms with Gasteiger partial charge in [0.1, 0.15) is 6.04 Å². The molecule has 0 aromatic heterocycles. The maximum Gasteiger partial charge on any atom is 0.265 e. The lowest BCUT2D eigenvalue weighted by Gasteiger charge is -2.37. The van der Waals surface area contributed by atoms with E-state index in [4.69, 9.17) is 11.6 Å². The van der Waals surface area contributed by atoms with Crippen molar-refractivity contribution in [3.63, 3.8) is 0 Å². The van der Waals surface area contributed by atoms with E-state index in [0.29, 0.717) is 34.1 Å². The summed E-state index contributed by atoms with van der Waals surface area (Å²) < 4.78 is 29.0. The molecular formula is C27H28ClN3O4S. The first-order chi connectivity index (χ1) is 17.2. The fourth-order valence-electron chi connectivity index (χ4n) is 4.29. The molecule has 9 heteroatoms. The number of hydrogen-bond donors (Lipinski definition) is 2. The highest BCUT2D eigenvalue weighted by atomic mass is 35.5. The molecule has 36 heavy (non-hydrogen) atoms. The Morgan fingerprint density at radius 2 is 1.72 bits per heavy atom. The SMILES string of the molecule is Cc1cc(S(=O)(=O)N2c3ccccc3NC(=O)[C@H]2CC(=O)NCCCc2ccccc2)c(C)cc1Cl. The number of anilines is 2. The number of amides is 2. The Bertz CT molecular complexity index is 1390. The molecule has 0 saturated carbocycles. The molecule has 1 atom stereocenters. The molecule has 0 unspecified atom stereocenters. The Kier molecular flexibility index (Phi) is 7.66. The summed E-state index contributed by atoms with van der Waals surface area (Å²) in [6, 6.07) is 18.4. The van der Waals surface area contributed by atoms with Crippen LogP contribution in [0.2, 0.25) is 5.02 Å². The zero-order chi connectivity index (χ0) is 25.9. The van der Waals surface area contributed by atoms with Crippen LogP contribution in [0, 0.1) is 13.8 Å². The fourth-order valence-corrected chi connectivity index (χ4v) is 6.43. The molecule has 0 saturated heterocycles. The van der Waals surface area contributed by atoms with Crippen LogP contribution < -0.4 is 14.9 Å². The van der Waals surface area contributed by atoms with Crippen LogP contribution in [0.4, 0.5) is 11.4 Å². The van der Waals surface area contributed by atoms with Crippen LogP contribution in [0.3, 0.4) is 0 Å². The van der Waals surface area contributed by atoms with Gasteiger partial charge in [0.25, 0.3) is 10.0 Å². The first-order valence-electron chi connectivity index (χ1n) is 11.7. The lowest BCUT2D eigenvalue weighted by Crippen LogP contribution is -2.52. The minimum atomic E-state index is -4.20. The van der Waals surface area contributed by atoms with E-state index in [1.807, 2.05) is 30.3 Å². The molecule has 3 aromatic carbocycles. The summed E-state index contributed by atoms with van der Waals surface area (Å²) in [5, 5.41) is 6.03. The number of halogens is 1. The molecule has 4 rings (SSSR count). The van der Waals surface area contributed by atoms with E-state index in [0.717, 1.165) is 17.1 Å². The Balaban J connectivity index is 1.58. The van der Waals surface area contributed by atoms with Crippen molar-refractivity contribution < 1.29 is 18.0 Å². The highest BCUT2D eigenvalue weighted by Crippen LogP contribution is 2.38. The number of nitrogens with one attached hydrogen (secondary N) is 2. The lowest BCUT2D eigenvalue weighted by molar-refractivity contribution is -0.125. The molecule has 1 aliphatic rings. The zero-order valence-corrected chi connectivity index (χ0v) is 21.7. The summed E-state index contributed by atoms with van der Waals surface area (Å²) in [5.41, 5.74) is 2.90. The number of hydrogen-bond acceptors (Lipinski definition) is 4. The first kappa shape index (κ1) is 25.7. The van der Waals surface area contributed by atoms with Gasteiger partial charge >= 0.3 is 0 Å². The van der Waals surface area contributed by atoms with Gasteiger partial charge in [-0.05, 0) is 67.6 Å². The summed E-state index contributed by atoms with van der Waals surface area (Å²) in [7, 11) is -4.20. The molecule has 0 bridgehead atoms. The number of sulfonamides is 1. The van der Waals surface area contributed by atoms with Gasteiger partial charge in [0.05, 0.1) is 22.7 Å². The third kappa shape index (κ3) is 5.39. The fraction of sp³-hybridized carbons (Fsp3) is 0.259. The number of aryl methyl sites for hydroxylation is 3. The van der Waals surface area contributed by atoms with Crippen molar-refractivity contribution in [2.75, 3.05) is 16.2 Å². The van der Waals surface area contributed by atoms with Crippen LogP contribution in [0.25, 0.3) is 0 Å². The number of para-hydroxylation sites is 2. The summed E-state index contributed by atoms with van der Waals surface area (Å²) in [5.74, 6) is -0.952. The molecule has 7 nitrogen and oxygen atoms in total. The highest BCUT2D eigenvalue weighted by molar-refractivity contribution is 7.93. The van der Waals surface area contributed by atoms with Gasteiger partial charge in [-0.3, -0.25) is 13.9 Å². The molecule has 0 aliphatic carbocycles. The van der Waals surface area contributed by atoms with Gasteiger partial charge in [-0.15, -0.1) is 0 Å².